The molecule has 8 heteroatoms. The van der Waals surface area contributed by atoms with Crippen molar-refractivity contribution in [3.63, 3.8) is 0 Å². The number of benzene rings is 1. The van der Waals surface area contributed by atoms with Crippen LogP contribution in [-0.2, 0) is 9.59 Å². The molecule has 0 radical (unpaired) electrons. The van der Waals surface area contributed by atoms with Gasteiger partial charge < -0.3 is 15.5 Å². The van der Waals surface area contributed by atoms with Gasteiger partial charge in [-0.05, 0) is 12.1 Å². The molecule has 8 nitrogen and oxygen atoms in total. The van der Waals surface area contributed by atoms with E-state index < -0.39 is 30.3 Å². The van der Waals surface area contributed by atoms with Crippen molar-refractivity contribution in [2.24, 2.45) is 0 Å². The van der Waals surface area contributed by atoms with E-state index >= 15 is 0 Å². The van der Waals surface area contributed by atoms with Crippen LogP contribution in [0.4, 0.5) is 0 Å². The Bertz CT molecular complexity index is 716. The maximum Gasteiger partial charge on any atom is 0.326 e. The number of fused-ring (bicyclic) bond motifs is 1. The van der Waals surface area contributed by atoms with Crippen LogP contribution in [0.1, 0.15) is 16.9 Å². The molecule has 1 aromatic heterocycles. The van der Waals surface area contributed by atoms with Crippen LogP contribution in [0.3, 0.4) is 0 Å². The lowest BCUT2D eigenvalue weighted by Gasteiger charge is -2.11. The molecule has 0 bridgehead atoms. The minimum atomic E-state index is -1.52. The second kappa shape index (κ2) is 5.95. The van der Waals surface area contributed by atoms with Crippen LogP contribution in [0.15, 0.2) is 30.5 Å². The molecule has 21 heavy (non-hydrogen) atoms. The summed E-state index contributed by atoms with van der Waals surface area (Å²) in [6.07, 6.45) is 0.486. The summed E-state index contributed by atoms with van der Waals surface area (Å²) in [5, 5.41) is 19.6. The summed E-state index contributed by atoms with van der Waals surface area (Å²) in [5.41, 5.74) is 0.995. The van der Waals surface area contributed by atoms with Gasteiger partial charge in [-0.3, -0.25) is 14.6 Å². The van der Waals surface area contributed by atoms with Crippen LogP contribution in [0.5, 0.6) is 0 Å². The summed E-state index contributed by atoms with van der Waals surface area (Å²) in [7, 11) is 0. The Kier molecular flexibility index (Phi) is 4.07. The molecule has 0 unspecified atom stereocenters. The maximum absolute atomic E-state index is 11.9. The predicted octanol–water partition coefficient (Wildman–Crippen LogP) is 0.287. The van der Waals surface area contributed by atoms with Gasteiger partial charge >= 0.3 is 11.9 Å². The number of hydrogen-bond donors (Lipinski definition) is 3. The Morgan fingerprint density at radius 1 is 1.14 bits per heavy atom. The summed E-state index contributed by atoms with van der Waals surface area (Å²) in [6.45, 7) is 0. The zero-order chi connectivity index (χ0) is 15.4. The number of amides is 1. The lowest BCUT2D eigenvalue weighted by molar-refractivity contribution is -0.145. The van der Waals surface area contributed by atoms with E-state index in [1.165, 1.54) is 6.20 Å². The number of carboxylic acids is 2. The molecular formula is C13H11N3O5. The molecular weight excluding hydrogens is 278 g/mol. The molecule has 2 aromatic rings. The maximum atomic E-state index is 11.9. The molecule has 0 fully saturated rings. The SMILES string of the molecule is O=C(O)C[C@@H](NC(=O)c1cnc2ccccc2n1)C(=O)O. The number of carbonyl (C=O) groups excluding carboxylic acids is 1. The average Bonchev–Trinajstić information content (AvgIpc) is 2.45. The number of carboxylic acid groups (broad SMARTS) is 2. The largest absolute Gasteiger partial charge is 0.481 e. The molecule has 0 saturated carbocycles. The number of nitrogens with one attached hydrogen (secondary N) is 1. The molecule has 108 valence electrons. The molecule has 0 aliphatic rings. The Morgan fingerprint density at radius 2 is 1.81 bits per heavy atom. The van der Waals surface area contributed by atoms with E-state index in [9.17, 15) is 14.4 Å². The molecule has 1 atom stereocenters. The number of aliphatic carboxylic acids is 2. The number of nitrogens with zero attached hydrogens (tertiary/aromatic N) is 2. The quantitative estimate of drug-likeness (QED) is 0.721. The Labute approximate surface area is 118 Å². The van der Waals surface area contributed by atoms with Crippen molar-refractivity contribution in [3.05, 3.63) is 36.2 Å². The van der Waals surface area contributed by atoms with Gasteiger partial charge in [0.2, 0.25) is 0 Å². The number of para-hydroxylation sites is 2. The first-order valence-electron chi connectivity index (χ1n) is 5.94. The van der Waals surface area contributed by atoms with Gasteiger partial charge in [-0.2, -0.15) is 0 Å². The van der Waals surface area contributed by atoms with Gasteiger partial charge in [0.05, 0.1) is 23.7 Å². The van der Waals surface area contributed by atoms with Crippen LogP contribution >= 0.6 is 0 Å². The fourth-order valence-electron chi connectivity index (χ4n) is 1.67. The zero-order valence-electron chi connectivity index (χ0n) is 10.7. The summed E-state index contributed by atoms with van der Waals surface area (Å²) in [6, 6.07) is 5.34. The highest BCUT2D eigenvalue weighted by Crippen LogP contribution is 2.08. The highest BCUT2D eigenvalue weighted by atomic mass is 16.4. The summed E-state index contributed by atoms with van der Waals surface area (Å²) in [4.78, 5) is 41.5. The van der Waals surface area contributed by atoms with Crippen molar-refractivity contribution in [2.75, 3.05) is 0 Å². The molecule has 0 aliphatic carbocycles. The summed E-state index contributed by atoms with van der Waals surface area (Å²) in [5.74, 6) is -3.55. The highest BCUT2D eigenvalue weighted by Gasteiger charge is 2.24. The van der Waals surface area contributed by atoms with E-state index in [1.54, 1.807) is 24.3 Å². The van der Waals surface area contributed by atoms with E-state index in [0.717, 1.165) is 0 Å². The van der Waals surface area contributed by atoms with Gasteiger partial charge in [0.25, 0.3) is 5.91 Å². The first kappa shape index (κ1) is 14.4. The lowest BCUT2D eigenvalue weighted by atomic mass is 10.2. The molecule has 3 N–H and O–H groups in total. The van der Waals surface area contributed by atoms with E-state index in [2.05, 4.69) is 15.3 Å². The van der Waals surface area contributed by atoms with E-state index in [0.29, 0.717) is 11.0 Å². The Morgan fingerprint density at radius 3 is 2.43 bits per heavy atom. The molecule has 1 aromatic carbocycles. The van der Waals surface area contributed by atoms with Crippen molar-refractivity contribution in [2.45, 2.75) is 12.5 Å². The van der Waals surface area contributed by atoms with Gasteiger partial charge in [-0.1, -0.05) is 12.1 Å². The van der Waals surface area contributed by atoms with Gasteiger partial charge in [-0.15, -0.1) is 0 Å². The van der Waals surface area contributed by atoms with Gasteiger partial charge in [-0.25, -0.2) is 9.78 Å². The Hall–Kier alpha value is -3.03. The minimum absolute atomic E-state index is 0.0784. The normalized spacial score (nSPS) is 11.8. The molecule has 2 rings (SSSR count). The second-order valence-electron chi connectivity index (χ2n) is 4.21. The zero-order valence-corrected chi connectivity index (χ0v) is 10.7. The van der Waals surface area contributed by atoms with Crippen molar-refractivity contribution >= 4 is 28.9 Å². The van der Waals surface area contributed by atoms with Crippen LogP contribution in [0.2, 0.25) is 0 Å². The van der Waals surface area contributed by atoms with E-state index in [4.69, 9.17) is 10.2 Å². The highest BCUT2D eigenvalue weighted by molar-refractivity contribution is 5.96. The average molecular weight is 289 g/mol. The smallest absolute Gasteiger partial charge is 0.326 e. The molecule has 0 saturated heterocycles. The predicted molar refractivity (Wildman–Crippen MR) is 70.7 cm³/mol. The fraction of sp³-hybridized carbons (Fsp3) is 0.154. The standard InChI is InChI=1S/C13H11N3O5/c17-11(18)5-9(13(20)21)16-12(19)10-6-14-7-3-1-2-4-8(7)15-10/h1-4,6,9H,5H2,(H,16,19)(H,17,18)(H,20,21)/t9-/m1/s1. The van der Waals surface area contributed by atoms with Crippen LogP contribution < -0.4 is 5.32 Å². The monoisotopic (exact) mass is 289 g/mol. The van der Waals surface area contributed by atoms with Crippen molar-refractivity contribution in [1.82, 2.24) is 15.3 Å². The van der Waals surface area contributed by atoms with Crippen LogP contribution in [0.25, 0.3) is 11.0 Å². The van der Waals surface area contributed by atoms with E-state index in [-0.39, 0.29) is 5.69 Å². The molecule has 0 spiro atoms. The van der Waals surface area contributed by atoms with Crippen molar-refractivity contribution in [1.29, 1.82) is 0 Å². The molecule has 1 heterocycles. The minimum Gasteiger partial charge on any atom is -0.481 e. The molecule has 0 aliphatic heterocycles. The first-order chi connectivity index (χ1) is 9.97. The number of carbonyl (C=O) groups is 3. The van der Waals surface area contributed by atoms with Crippen molar-refractivity contribution in [3.8, 4) is 0 Å². The summed E-state index contributed by atoms with van der Waals surface area (Å²) >= 11 is 0. The number of rotatable bonds is 5. The van der Waals surface area contributed by atoms with Crippen molar-refractivity contribution < 1.29 is 24.6 Å². The third-order valence-corrected chi connectivity index (χ3v) is 2.66. The van der Waals surface area contributed by atoms with Gasteiger partial charge in [0.15, 0.2) is 0 Å². The third kappa shape index (κ3) is 3.50. The third-order valence-electron chi connectivity index (χ3n) is 2.66. The lowest BCUT2D eigenvalue weighted by Crippen LogP contribution is -2.42. The number of aromatic nitrogens is 2. The Balaban J connectivity index is 2.20. The first-order valence-corrected chi connectivity index (χ1v) is 5.94. The number of hydrogen-bond acceptors (Lipinski definition) is 5. The van der Waals surface area contributed by atoms with Crippen LogP contribution in [-0.4, -0.2) is 44.1 Å². The fourth-order valence-corrected chi connectivity index (χ4v) is 1.67. The van der Waals surface area contributed by atoms with Gasteiger partial charge in [0, 0.05) is 0 Å². The van der Waals surface area contributed by atoms with Crippen LogP contribution in [0, 0.1) is 0 Å². The topological polar surface area (TPSA) is 129 Å². The molecule has 1 amide bonds. The second-order valence-corrected chi connectivity index (χ2v) is 4.21. The summed E-state index contributed by atoms with van der Waals surface area (Å²) < 4.78 is 0. The van der Waals surface area contributed by atoms with E-state index in [1.807, 2.05) is 0 Å². The van der Waals surface area contributed by atoms with Gasteiger partial charge in [0.1, 0.15) is 11.7 Å².